The van der Waals surface area contributed by atoms with Gasteiger partial charge in [-0.25, -0.2) is 0 Å². The van der Waals surface area contributed by atoms with Crippen LogP contribution in [0, 0.1) is 12.3 Å². The summed E-state index contributed by atoms with van der Waals surface area (Å²) in [4.78, 5) is 1.91. The highest BCUT2D eigenvalue weighted by Gasteiger charge is 2.09. The number of anilines is 1. The maximum absolute atomic E-state index is 9.89. The van der Waals surface area contributed by atoms with Gasteiger partial charge >= 0.3 is 0 Å². The number of nitrogens with one attached hydrogen (secondary N) is 1. The van der Waals surface area contributed by atoms with E-state index in [4.69, 9.17) is 6.42 Å². The first-order valence-corrected chi connectivity index (χ1v) is 5.25. The van der Waals surface area contributed by atoms with Crippen molar-refractivity contribution in [2.45, 2.75) is 13.0 Å². The predicted octanol–water partition coefficient (Wildman–Crippen LogP) is 1.74. The molecule has 16 heavy (non-hydrogen) atoms. The Bertz CT molecular complexity index is 395. The van der Waals surface area contributed by atoms with E-state index in [1.807, 2.05) is 38.1 Å². The lowest BCUT2D eigenvalue weighted by Gasteiger charge is -2.19. The van der Waals surface area contributed by atoms with Crippen molar-refractivity contribution in [3.05, 3.63) is 23.8 Å². The molecule has 0 bridgehead atoms. The summed E-state index contributed by atoms with van der Waals surface area (Å²) in [6.07, 6.45) is 5.24. The number of phenolic OH excluding ortho intramolecular Hbond substituents is 1. The van der Waals surface area contributed by atoms with Crippen molar-refractivity contribution in [1.29, 1.82) is 0 Å². The monoisotopic (exact) mass is 218 g/mol. The lowest BCUT2D eigenvalue weighted by atomic mass is 10.1. The molecule has 1 aromatic rings. The third-order valence-corrected chi connectivity index (χ3v) is 2.68. The molecule has 0 saturated heterocycles. The molecule has 1 unspecified atom stereocenters. The second-order valence-electron chi connectivity index (χ2n) is 3.81. The minimum absolute atomic E-state index is 0.131. The van der Waals surface area contributed by atoms with Gasteiger partial charge in [-0.3, -0.25) is 0 Å². The number of hydrogen-bond donors (Lipinski definition) is 2. The van der Waals surface area contributed by atoms with Gasteiger partial charge in [0.25, 0.3) is 0 Å². The highest BCUT2D eigenvalue weighted by atomic mass is 16.3. The molecule has 2 N–H and O–H groups in total. The summed E-state index contributed by atoms with van der Waals surface area (Å²) < 4.78 is 0. The lowest BCUT2D eigenvalue weighted by Crippen LogP contribution is -2.17. The predicted molar refractivity (Wildman–Crippen MR) is 67.7 cm³/mol. The summed E-state index contributed by atoms with van der Waals surface area (Å²) in [5.74, 6) is 2.86. The van der Waals surface area contributed by atoms with Crippen LogP contribution < -0.4 is 10.2 Å². The van der Waals surface area contributed by atoms with E-state index in [0.29, 0.717) is 12.3 Å². The standard InChI is InChI=1S/C13H18N2O/c1-5-8-15(4)11-6-7-12(10(2)14-3)13(16)9-11/h1,6-7,9-10,14,16H,8H2,2-4H3. The first-order chi connectivity index (χ1) is 7.60. The molecule has 3 nitrogen and oxygen atoms in total. The molecule has 0 amide bonds. The van der Waals surface area contributed by atoms with Crippen molar-refractivity contribution in [3.63, 3.8) is 0 Å². The van der Waals surface area contributed by atoms with E-state index in [0.717, 1.165) is 11.3 Å². The Labute approximate surface area is 97.1 Å². The van der Waals surface area contributed by atoms with E-state index in [9.17, 15) is 5.11 Å². The molecule has 0 fully saturated rings. The van der Waals surface area contributed by atoms with Crippen LogP contribution in [-0.4, -0.2) is 25.7 Å². The van der Waals surface area contributed by atoms with Crippen LogP contribution in [0.4, 0.5) is 5.69 Å². The zero-order valence-electron chi connectivity index (χ0n) is 9.99. The zero-order chi connectivity index (χ0) is 12.1. The fourth-order valence-corrected chi connectivity index (χ4v) is 1.52. The molecule has 0 radical (unpaired) electrons. The number of aromatic hydroxyl groups is 1. The van der Waals surface area contributed by atoms with Crippen LogP contribution in [0.1, 0.15) is 18.5 Å². The summed E-state index contributed by atoms with van der Waals surface area (Å²) in [7, 11) is 3.76. The molecular weight excluding hydrogens is 200 g/mol. The highest BCUT2D eigenvalue weighted by Crippen LogP contribution is 2.28. The maximum Gasteiger partial charge on any atom is 0.122 e. The Hall–Kier alpha value is -1.66. The molecular formula is C13H18N2O. The summed E-state index contributed by atoms with van der Waals surface area (Å²) in [6.45, 7) is 2.53. The van der Waals surface area contributed by atoms with Gasteiger partial charge in [-0.05, 0) is 20.0 Å². The number of terminal acetylenes is 1. The van der Waals surface area contributed by atoms with Gasteiger partial charge in [-0.1, -0.05) is 12.0 Å². The molecule has 0 aliphatic heterocycles. The van der Waals surface area contributed by atoms with Gasteiger partial charge < -0.3 is 15.3 Å². The number of nitrogens with zero attached hydrogens (tertiary/aromatic N) is 1. The summed E-state index contributed by atoms with van der Waals surface area (Å²) in [5, 5.41) is 13.0. The van der Waals surface area contributed by atoms with Crippen LogP contribution >= 0.6 is 0 Å². The third-order valence-electron chi connectivity index (χ3n) is 2.68. The molecule has 0 heterocycles. The van der Waals surface area contributed by atoms with E-state index < -0.39 is 0 Å². The van der Waals surface area contributed by atoms with Crippen molar-refractivity contribution >= 4 is 5.69 Å². The average Bonchev–Trinajstić information content (AvgIpc) is 2.28. The minimum atomic E-state index is 0.131. The van der Waals surface area contributed by atoms with Gasteiger partial charge in [-0.2, -0.15) is 0 Å². The molecule has 1 aromatic carbocycles. The van der Waals surface area contributed by atoms with Gasteiger partial charge in [0.15, 0.2) is 0 Å². The molecule has 86 valence electrons. The summed E-state index contributed by atoms with van der Waals surface area (Å²) in [6, 6.07) is 5.74. The van der Waals surface area contributed by atoms with Gasteiger partial charge in [0, 0.05) is 30.4 Å². The SMILES string of the molecule is C#CCN(C)c1ccc(C(C)NC)c(O)c1. The second kappa shape index (κ2) is 5.43. The molecule has 0 aromatic heterocycles. The van der Waals surface area contributed by atoms with Crippen molar-refractivity contribution < 1.29 is 5.11 Å². The van der Waals surface area contributed by atoms with E-state index in [2.05, 4.69) is 11.2 Å². The van der Waals surface area contributed by atoms with Crippen molar-refractivity contribution in [2.75, 3.05) is 25.5 Å². The molecule has 0 aliphatic carbocycles. The fourth-order valence-electron chi connectivity index (χ4n) is 1.52. The van der Waals surface area contributed by atoms with Crippen LogP contribution in [0.15, 0.2) is 18.2 Å². The smallest absolute Gasteiger partial charge is 0.122 e. The normalized spacial score (nSPS) is 11.9. The molecule has 0 saturated carbocycles. The zero-order valence-corrected chi connectivity index (χ0v) is 9.99. The fraction of sp³-hybridized carbons (Fsp3) is 0.385. The molecule has 0 aliphatic rings. The Morgan fingerprint density at radius 2 is 2.25 bits per heavy atom. The molecule has 0 spiro atoms. The lowest BCUT2D eigenvalue weighted by molar-refractivity contribution is 0.458. The molecule has 1 atom stereocenters. The third kappa shape index (κ3) is 2.68. The van der Waals surface area contributed by atoms with Gasteiger partial charge in [0.05, 0.1) is 6.54 Å². The van der Waals surface area contributed by atoms with Gasteiger partial charge in [-0.15, -0.1) is 6.42 Å². The molecule has 3 heteroatoms. The Morgan fingerprint density at radius 3 is 2.75 bits per heavy atom. The highest BCUT2D eigenvalue weighted by molar-refractivity contribution is 5.54. The number of hydrogen-bond acceptors (Lipinski definition) is 3. The molecule has 1 rings (SSSR count). The quantitative estimate of drug-likeness (QED) is 0.756. The maximum atomic E-state index is 9.89. The van der Waals surface area contributed by atoms with Crippen LogP contribution in [-0.2, 0) is 0 Å². The number of phenols is 1. The van der Waals surface area contributed by atoms with Crippen LogP contribution in [0.25, 0.3) is 0 Å². The first-order valence-electron chi connectivity index (χ1n) is 5.25. The summed E-state index contributed by atoms with van der Waals surface area (Å²) >= 11 is 0. The number of benzene rings is 1. The average molecular weight is 218 g/mol. The van der Waals surface area contributed by atoms with E-state index in [1.165, 1.54) is 0 Å². The first kappa shape index (κ1) is 12.4. The van der Waals surface area contributed by atoms with E-state index in [-0.39, 0.29) is 6.04 Å². The van der Waals surface area contributed by atoms with Crippen LogP contribution in [0.3, 0.4) is 0 Å². The van der Waals surface area contributed by atoms with Gasteiger partial charge in [0.1, 0.15) is 5.75 Å². The Kier molecular flexibility index (Phi) is 4.21. The Balaban J connectivity index is 2.95. The number of rotatable bonds is 4. The van der Waals surface area contributed by atoms with Crippen molar-refractivity contribution in [3.8, 4) is 18.1 Å². The van der Waals surface area contributed by atoms with Gasteiger partial charge in [0.2, 0.25) is 0 Å². The van der Waals surface area contributed by atoms with E-state index in [1.54, 1.807) is 6.07 Å². The minimum Gasteiger partial charge on any atom is -0.508 e. The second-order valence-corrected chi connectivity index (χ2v) is 3.81. The van der Waals surface area contributed by atoms with E-state index >= 15 is 0 Å². The van der Waals surface area contributed by atoms with Crippen molar-refractivity contribution in [2.24, 2.45) is 0 Å². The Morgan fingerprint density at radius 1 is 1.56 bits per heavy atom. The van der Waals surface area contributed by atoms with Crippen LogP contribution in [0.5, 0.6) is 5.75 Å². The summed E-state index contributed by atoms with van der Waals surface area (Å²) in [5.41, 5.74) is 1.81. The van der Waals surface area contributed by atoms with Crippen LogP contribution in [0.2, 0.25) is 0 Å². The van der Waals surface area contributed by atoms with Crippen molar-refractivity contribution in [1.82, 2.24) is 5.32 Å². The topological polar surface area (TPSA) is 35.5 Å². The largest absolute Gasteiger partial charge is 0.508 e.